The summed E-state index contributed by atoms with van der Waals surface area (Å²) in [6.07, 6.45) is 2.39. The van der Waals surface area contributed by atoms with E-state index in [0.717, 1.165) is 11.3 Å². The molecule has 0 radical (unpaired) electrons. The minimum absolute atomic E-state index is 0.0695. The number of hydrogen-bond acceptors (Lipinski definition) is 5. The molecule has 0 spiro atoms. The van der Waals surface area contributed by atoms with Crippen molar-refractivity contribution in [2.75, 3.05) is 30.5 Å². The van der Waals surface area contributed by atoms with Crippen LogP contribution in [0.1, 0.15) is 18.9 Å². The van der Waals surface area contributed by atoms with Gasteiger partial charge >= 0.3 is 0 Å². The van der Waals surface area contributed by atoms with Gasteiger partial charge in [0.05, 0.1) is 24.2 Å². The molecule has 124 valence electrons. The number of rotatable bonds is 4. The molecule has 3 rings (SSSR count). The summed E-state index contributed by atoms with van der Waals surface area (Å²) < 4.78 is 28.6. The summed E-state index contributed by atoms with van der Waals surface area (Å²) in [7, 11) is -1.38. The molecule has 1 fully saturated rings. The number of hydrogen-bond donors (Lipinski definition) is 1. The van der Waals surface area contributed by atoms with Gasteiger partial charge in [0, 0.05) is 30.0 Å². The molecule has 1 atom stereocenters. The highest BCUT2D eigenvalue weighted by Crippen LogP contribution is 2.35. The van der Waals surface area contributed by atoms with Crippen molar-refractivity contribution in [3.8, 4) is 5.75 Å². The highest BCUT2D eigenvalue weighted by atomic mass is 32.2. The van der Waals surface area contributed by atoms with E-state index in [2.05, 4.69) is 5.32 Å². The number of nitrogens with zero attached hydrogens (tertiary/aromatic N) is 1. The molecule has 1 amide bonds. The Kier molecular flexibility index (Phi) is 4.06. The highest BCUT2D eigenvalue weighted by Gasteiger charge is 2.32. The first-order valence-electron chi connectivity index (χ1n) is 7.61. The van der Waals surface area contributed by atoms with Crippen molar-refractivity contribution in [3.63, 3.8) is 0 Å². The molecule has 0 bridgehead atoms. The lowest BCUT2D eigenvalue weighted by Gasteiger charge is -2.25. The van der Waals surface area contributed by atoms with E-state index < -0.39 is 9.84 Å². The van der Waals surface area contributed by atoms with Gasteiger partial charge in [-0.25, -0.2) is 8.42 Å². The number of methoxy groups -OCH3 is 1. The summed E-state index contributed by atoms with van der Waals surface area (Å²) in [4.78, 5) is 14.2. The average Bonchev–Trinajstić information content (AvgIpc) is 3.03. The zero-order chi connectivity index (χ0) is 16.6. The molecule has 23 heavy (non-hydrogen) atoms. The van der Waals surface area contributed by atoms with Crippen LogP contribution in [0.2, 0.25) is 0 Å². The Hall–Kier alpha value is -2.02. The second kappa shape index (κ2) is 5.88. The predicted octanol–water partition coefficient (Wildman–Crippen LogP) is 1.50. The number of sulfone groups is 1. The number of benzene rings is 1. The van der Waals surface area contributed by atoms with Gasteiger partial charge in [-0.15, -0.1) is 0 Å². The largest absolute Gasteiger partial charge is 0.497 e. The molecule has 2 aliphatic heterocycles. The minimum atomic E-state index is -2.96. The summed E-state index contributed by atoms with van der Waals surface area (Å²) in [5, 5.41) is 2.83. The maximum Gasteiger partial charge on any atom is 0.257 e. The molecule has 7 heteroatoms. The van der Waals surface area contributed by atoms with Gasteiger partial charge in [-0.2, -0.15) is 0 Å². The Morgan fingerprint density at radius 3 is 2.83 bits per heavy atom. The molecule has 2 heterocycles. The van der Waals surface area contributed by atoms with Gasteiger partial charge in [0.15, 0.2) is 9.84 Å². The van der Waals surface area contributed by atoms with Crippen LogP contribution in [0.4, 0.5) is 5.69 Å². The third-order valence-corrected chi connectivity index (χ3v) is 6.10. The first-order valence-corrected chi connectivity index (χ1v) is 9.43. The van der Waals surface area contributed by atoms with Crippen molar-refractivity contribution in [3.05, 3.63) is 30.0 Å². The fourth-order valence-corrected chi connectivity index (χ4v) is 4.82. The summed E-state index contributed by atoms with van der Waals surface area (Å²) in [6.45, 7) is 2.61. The van der Waals surface area contributed by atoms with Gasteiger partial charge in [-0.1, -0.05) is 0 Å². The van der Waals surface area contributed by atoms with Crippen molar-refractivity contribution in [2.45, 2.75) is 19.4 Å². The molecule has 1 aromatic carbocycles. The molecule has 0 aliphatic carbocycles. The van der Waals surface area contributed by atoms with Crippen molar-refractivity contribution in [1.29, 1.82) is 0 Å². The maximum absolute atomic E-state index is 12.3. The number of fused-ring (bicyclic) bond motifs is 1. The molecular formula is C16H20N2O4S. The van der Waals surface area contributed by atoms with Crippen LogP contribution in [0.25, 0.3) is 5.57 Å². The zero-order valence-electron chi connectivity index (χ0n) is 13.2. The monoisotopic (exact) mass is 336 g/mol. The van der Waals surface area contributed by atoms with E-state index in [-0.39, 0.29) is 23.5 Å². The third-order valence-electron chi connectivity index (χ3n) is 4.35. The number of carbonyl (C=O) groups is 1. The molecule has 1 N–H and O–H groups in total. The number of carbonyl (C=O) groups excluding carboxylic acids is 1. The van der Waals surface area contributed by atoms with Gasteiger partial charge in [-0.3, -0.25) is 4.79 Å². The zero-order valence-corrected chi connectivity index (χ0v) is 14.0. The molecule has 1 aromatic rings. The lowest BCUT2D eigenvalue weighted by Crippen LogP contribution is -2.32. The Labute approximate surface area is 136 Å². The van der Waals surface area contributed by atoms with Crippen molar-refractivity contribution in [1.82, 2.24) is 4.90 Å². The lowest BCUT2D eigenvalue weighted by atomic mass is 10.1. The van der Waals surface area contributed by atoms with Crippen LogP contribution >= 0.6 is 0 Å². The first kappa shape index (κ1) is 15.9. The van der Waals surface area contributed by atoms with E-state index in [1.165, 1.54) is 0 Å². The van der Waals surface area contributed by atoms with Gasteiger partial charge < -0.3 is 15.0 Å². The van der Waals surface area contributed by atoms with Crippen LogP contribution in [0.5, 0.6) is 5.75 Å². The second-order valence-electron chi connectivity index (χ2n) is 5.80. The van der Waals surface area contributed by atoms with E-state index in [0.29, 0.717) is 24.3 Å². The topological polar surface area (TPSA) is 75.7 Å². The molecular weight excluding hydrogens is 316 g/mol. The quantitative estimate of drug-likeness (QED) is 0.843. The van der Waals surface area contributed by atoms with Gasteiger partial charge in [0.25, 0.3) is 5.91 Å². The lowest BCUT2D eigenvalue weighted by molar-refractivity contribution is -0.110. The van der Waals surface area contributed by atoms with E-state index in [9.17, 15) is 13.2 Å². The third kappa shape index (κ3) is 3.06. The van der Waals surface area contributed by atoms with E-state index in [4.69, 9.17) is 4.74 Å². The number of anilines is 1. The van der Waals surface area contributed by atoms with Crippen LogP contribution < -0.4 is 10.1 Å². The van der Waals surface area contributed by atoms with Gasteiger partial charge in [0.1, 0.15) is 5.75 Å². The minimum Gasteiger partial charge on any atom is -0.497 e. The number of nitrogens with one attached hydrogen (secondary N) is 1. The number of amides is 1. The van der Waals surface area contributed by atoms with Crippen LogP contribution in [0.3, 0.4) is 0 Å². The molecule has 0 saturated carbocycles. The molecule has 0 aromatic heterocycles. The SMILES string of the molecule is CCN(/C=C1/C(=O)Nc2ccc(OC)cc21)C1CCS(=O)(=O)C1. The molecule has 6 nitrogen and oxygen atoms in total. The Morgan fingerprint density at radius 1 is 1.43 bits per heavy atom. The van der Waals surface area contributed by atoms with Crippen LogP contribution in [-0.4, -0.2) is 50.4 Å². The maximum atomic E-state index is 12.3. The summed E-state index contributed by atoms with van der Waals surface area (Å²) in [6, 6.07) is 5.35. The van der Waals surface area contributed by atoms with Crippen molar-refractivity contribution in [2.24, 2.45) is 0 Å². The van der Waals surface area contributed by atoms with Crippen molar-refractivity contribution >= 4 is 27.0 Å². The van der Waals surface area contributed by atoms with Crippen LogP contribution in [0, 0.1) is 0 Å². The molecule has 1 saturated heterocycles. The van der Waals surface area contributed by atoms with Crippen LogP contribution in [-0.2, 0) is 14.6 Å². The standard InChI is InChI=1S/C16H20N2O4S/c1-3-18(11-6-7-23(20,21)10-11)9-14-13-8-12(22-2)4-5-15(13)17-16(14)19/h4-5,8-9,11H,3,6-7,10H2,1-2H3,(H,17,19)/b14-9+. The van der Waals surface area contributed by atoms with Gasteiger partial charge in [-0.05, 0) is 31.5 Å². The van der Waals surface area contributed by atoms with E-state index >= 15 is 0 Å². The Morgan fingerprint density at radius 2 is 2.22 bits per heavy atom. The average molecular weight is 336 g/mol. The van der Waals surface area contributed by atoms with Crippen molar-refractivity contribution < 1.29 is 17.9 Å². The van der Waals surface area contributed by atoms with Gasteiger partial charge in [0.2, 0.25) is 0 Å². The highest BCUT2D eigenvalue weighted by molar-refractivity contribution is 7.91. The molecule has 1 unspecified atom stereocenters. The smallest absolute Gasteiger partial charge is 0.257 e. The normalized spacial score (nSPS) is 23.7. The Balaban J connectivity index is 1.94. The fourth-order valence-electron chi connectivity index (χ4n) is 3.08. The summed E-state index contributed by atoms with van der Waals surface area (Å²) in [5.74, 6) is 0.871. The van der Waals surface area contributed by atoms with E-state index in [1.54, 1.807) is 19.4 Å². The number of ether oxygens (including phenoxy) is 1. The second-order valence-corrected chi connectivity index (χ2v) is 8.02. The van der Waals surface area contributed by atoms with Crippen LogP contribution in [0.15, 0.2) is 24.4 Å². The first-order chi connectivity index (χ1) is 10.9. The predicted molar refractivity (Wildman–Crippen MR) is 89.0 cm³/mol. The summed E-state index contributed by atoms with van der Waals surface area (Å²) in [5.41, 5.74) is 2.08. The summed E-state index contributed by atoms with van der Waals surface area (Å²) >= 11 is 0. The molecule has 2 aliphatic rings. The Bertz CT molecular complexity index is 770. The fraction of sp³-hybridized carbons (Fsp3) is 0.438. The van der Waals surface area contributed by atoms with E-state index in [1.807, 2.05) is 24.0 Å².